The molecule has 1 heterocycles. The Balaban J connectivity index is 2.24. The summed E-state index contributed by atoms with van der Waals surface area (Å²) in [5.41, 5.74) is 1.84. The molecule has 1 aromatic rings. The summed E-state index contributed by atoms with van der Waals surface area (Å²) in [5, 5.41) is 8.39. The highest BCUT2D eigenvalue weighted by Gasteiger charge is 2.31. The number of hydrogen-bond acceptors (Lipinski definition) is 5. The highest BCUT2D eigenvalue weighted by atomic mass is 32.2. The quantitative estimate of drug-likeness (QED) is 0.839. The summed E-state index contributed by atoms with van der Waals surface area (Å²) in [7, 11) is -3.10. The number of nitrogens with zero attached hydrogens (tertiary/aromatic N) is 1. The van der Waals surface area contributed by atoms with Crippen LogP contribution in [0.4, 0.5) is 0 Å². The van der Waals surface area contributed by atoms with Crippen LogP contribution in [0.1, 0.15) is 11.1 Å². The van der Waals surface area contributed by atoms with Gasteiger partial charge in [-0.3, -0.25) is 4.90 Å². The van der Waals surface area contributed by atoms with Crippen LogP contribution in [0.25, 0.3) is 0 Å². The lowest BCUT2D eigenvalue weighted by Gasteiger charge is -2.34. The number of sulfone groups is 1. The molecule has 1 unspecified atom stereocenters. The van der Waals surface area contributed by atoms with Gasteiger partial charge in [0.15, 0.2) is 9.84 Å². The molecular weight excluding hydrogens is 306 g/mol. The van der Waals surface area contributed by atoms with Crippen molar-refractivity contribution in [2.75, 3.05) is 30.9 Å². The van der Waals surface area contributed by atoms with Crippen LogP contribution in [-0.4, -0.2) is 54.7 Å². The van der Waals surface area contributed by atoms with Crippen LogP contribution in [0, 0.1) is 11.8 Å². The fourth-order valence-electron chi connectivity index (χ4n) is 2.32. The van der Waals surface area contributed by atoms with E-state index in [1.54, 1.807) is 11.8 Å². The second-order valence-electron chi connectivity index (χ2n) is 4.95. The molecule has 0 bridgehead atoms. The summed E-state index contributed by atoms with van der Waals surface area (Å²) in [6, 6.07) is 7.67. The van der Waals surface area contributed by atoms with Gasteiger partial charge >= 0.3 is 0 Å². The van der Waals surface area contributed by atoms with Crippen LogP contribution in [0.3, 0.4) is 0 Å². The van der Waals surface area contributed by atoms with E-state index in [1.807, 2.05) is 29.2 Å². The first-order valence-electron chi connectivity index (χ1n) is 6.70. The minimum absolute atomic E-state index is 0.180. The molecular formula is C15H19NO3S2. The van der Waals surface area contributed by atoms with Crippen molar-refractivity contribution in [3.63, 3.8) is 0 Å². The van der Waals surface area contributed by atoms with E-state index < -0.39 is 15.2 Å². The largest absolute Gasteiger partial charge is 0.384 e. The van der Waals surface area contributed by atoms with Gasteiger partial charge in [0, 0.05) is 36.4 Å². The molecule has 114 valence electrons. The van der Waals surface area contributed by atoms with Crippen molar-refractivity contribution in [1.82, 2.24) is 4.90 Å². The number of hydrogen-bond donors (Lipinski definition) is 1. The van der Waals surface area contributed by atoms with Gasteiger partial charge in [-0.25, -0.2) is 8.42 Å². The normalized spacial score (nSPS) is 19.8. The molecule has 1 N–H and O–H groups in total. The molecule has 0 saturated carbocycles. The van der Waals surface area contributed by atoms with Crippen LogP contribution >= 0.6 is 11.8 Å². The maximum atomic E-state index is 11.9. The first kappa shape index (κ1) is 16.4. The maximum absolute atomic E-state index is 11.9. The highest BCUT2D eigenvalue weighted by molar-refractivity contribution is 8.00. The van der Waals surface area contributed by atoms with Crippen molar-refractivity contribution in [3.8, 4) is 11.8 Å². The molecule has 6 heteroatoms. The Bertz CT molecular complexity index is 646. The predicted octanol–water partition coefficient (Wildman–Crippen LogP) is 0.950. The third kappa shape index (κ3) is 4.48. The Morgan fingerprint density at radius 1 is 1.43 bits per heavy atom. The van der Waals surface area contributed by atoms with E-state index in [9.17, 15) is 8.42 Å². The summed E-state index contributed by atoms with van der Waals surface area (Å²) in [6.45, 7) is 1.14. The van der Waals surface area contributed by atoms with Gasteiger partial charge in [0.2, 0.25) is 0 Å². The number of thioether (sulfide) groups is 1. The van der Waals surface area contributed by atoms with Gasteiger partial charge in [0.1, 0.15) is 12.0 Å². The van der Waals surface area contributed by atoms with E-state index in [-0.39, 0.29) is 6.61 Å². The average molecular weight is 325 g/mol. The van der Waals surface area contributed by atoms with Crippen molar-refractivity contribution in [1.29, 1.82) is 0 Å². The van der Waals surface area contributed by atoms with Crippen molar-refractivity contribution in [2.24, 2.45) is 0 Å². The van der Waals surface area contributed by atoms with Gasteiger partial charge in [-0.2, -0.15) is 11.8 Å². The van der Waals surface area contributed by atoms with E-state index in [2.05, 4.69) is 11.8 Å². The summed E-state index contributed by atoms with van der Waals surface area (Å²) < 4.78 is 23.9. The molecule has 1 saturated heterocycles. The lowest BCUT2D eigenvalue weighted by Crippen LogP contribution is -2.46. The summed E-state index contributed by atoms with van der Waals surface area (Å²) in [6.07, 6.45) is 1.30. The lowest BCUT2D eigenvalue weighted by atomic mass is 10.1. The van der Waals surface area contributed by atoms with Crippen LogP contribution in [-0.2, 0) is 16.4 Å². The zero-order valence-electron chi connectivity index (χ0n) is 11.9. The van der Waals surface area contributed by atoms with Gasteiger partial charge in [-0.15, -0.1) is 0 Å². The van der Waals surface area contributed by atoms with E-state index in [0.717, 1.165) is 23.4 Å². The van der Waals surface area contributed by atoms with Crippen molar-refractivity contribution < 1.29 is 13.5 Å². The molecule has 4 nitrogen and oxygen atoms in total. The molecule has 0 aromatic heterocycles. The molecule has 21 heavy (non-hydrogen) atoms. The van der Waals surface area contributed by atoms with Crippen molar-refractivity contribution in [2.45, 2.75) is 11.9 Å². The SMILES string of the molecule is CS(=O)(=O)C1CSCCN1Cc1ccccc1C#CCO. The Kier molecular flexibility index (Phi) is 5.71. The van der Waals surface area contributed by atoms with E-state index in [4.69, 9.17) is 5.11 Å². The Morgan fingerprint density at radius 2 is 2.19 bits per heavy atom. The monoisotopic (exact) mass is 325 g/mol. The number of aliphatic hydroxyl groups is 1. The van der Waals surface area contributed by atoms with E-state index in [1.165, 1.54) is 6.26 Å². The van der Waals surface area contributed by atoms with Gasteiger partial charge in [-0.05, 0) is 11.6 Å². The average Bonchev–Trinajstić information content (AvgIpc) is 2.46. The van der Waals surface area contributed by atoms with Crippen LogP contribution in [0.15, 0.2) is 24.3 Å². The van der Waals surface area contributed by atoms with Crippen LogP contribution in [0.5, 0.6) is 0 Å². The standard InChI is InChI=1S/C15H19NO3S2/c1-21(18,19)15-12-20-10-8-16(15)11-14-6-3-2-5-13(14)7-4-9-17/h2-3,5-6,15,17H,8-12H2,1H3. The van der Waals surface area contributed by atoms with Gasteiger partial charge < -0.3 is 5.11 Å². The highest BCUT2D eigenvalue weighted by Crippen LogP contribution is 2.23. The summed E-state index contributed by atoms with van der Waals surface area (Å²) >= 11 is 1.68. The second-order valence-corrected chi connectivity index (χ2v) is 8.30. The minimum atomic E-state index is -3.10. The first-order chi connectivity index (χ1) is 10.0. The molecule has 0 aliphatic carbocycles. The smallest absolute Gasteiger partial charge is 0.164 e. The number of rotatable bonds is 3. The van der Waals surface area contributed by atoms with Crippen molar-refractivity contribution >= 4 is 21.6 Å². The summed E-state index contributed by atoms with van der Waals surface area (Å²) in [5.74, 6) is 7.13. The topological polar surface area (TPSA) is 57.6 Å². The zero-order chi connectivity index (χ0) is 15.3. The van der Waals surface area contributed by atoms with E-state index >= 15 is 0 Å². The molecule has 1 aliphatic heterocycles. The number of aliphatic hydroxyl groups excluding tert-OH is 1. The first-order valence-corrected chi connectivity index (χ1v) is 9.81. The Hall–Kier alpha value is -1.00. The molecule has 0 spiro atoms. The molecule has 1 aromatic carbocycles. The zero-order valence-corrected chi connectivity index (χ0v) is 13.6. The van der Waals surface area contributed by atoms with Crippen LogP contribution < -0.4 is 0 Å². The molecule has 0 amide bonds. The molecule has 0 radical (unpaired) electrons. The Labute approximate surface area is 130 Å². The molecule has 1 fully saturated rings. The minimum Gasteiger partial charge on any atom is -0.384 e. The lowest BCUT2D eigenvalue weighted by molar-refractivity contribution is 0.262. The molecule has 1 aliphatic rings. The number of benzene rings is 1. The third-order valence-electron chi connectivity index (χ3n) is 3.38. The molecule has 2 rings (SSSR count). The van der Waals surface area contributed by atoms with Crippen LogP contribution in [0.2, 0.25) is 0 Å². The molecule has 1 atom stereocenters. The maximum Gasteiger partial charge on any atom is 0.164 e. The summed E-state index contributed by atoms with van der Waals surface area (Å²) in [4.78, 5) is 2.01. The second kappa shape index (κ2) is 7.32. The van der Waals surface area contributed by atoms with Gasteiger partial charge in [0.05, 0.1) is 0 Å². The Morgan fingerprint density at radius 3 is 2.90 bits per heavy atom. The third-order valence-corrected chi connectivity index (χ3v) is 6.06. The fourth-order valence-corrected chi connectivity index (χ4v) is 5.27. The van der Waals surface area contributed by atoms with Crippen molar-refractivity contribution in [3.05, 3.63) is 35.4 Å². The fraction of sp³-hybridized carbons (Fsp3) is 0.467. The predicted molar refractivity (Wildman–Crippen MR) is 86.8 cm³/mol. The van der Waals surface area contributed by atoms with E-state index in [0.29, 0.717) is 12.3 Å². The van der Waals surface area contributed by atoms with Gasteiger partial charge in [0.25, 0.3) is 0 Å². The van der Waals surface area contributed by atoms with Gasteiger partial charge in [-0.1, -0.05) is 30.0 Å².